The Morgan fingerprint density at radius 3 is 2.63 bits per heavy atom. The number of aryl methyl sites for hydroxylation is 1. The quantitative estimate of drug-likeness (QED) is 0.625. The third-order valence-corrected chi connectivity index (χ3v) is 4.28. The second-order valence-electron chi connectivity index (χ2n) is 5.75. The van der Waals surface area contributed by atoms with Crippen molar-refractivity contribution in [1.29, 1.82) is 0 Å². The molecule has 0 aliphatic heterocycles. The molecule has 140 valence electrons. The van der Waals surface area contributed by atoms with E-state index in [0.29, 0.717) is 27.8 Å². The molecule has 0 atom stereocenters. The smallest absolute Gasteiger partial charge is 0.305 e. The van der Waals surface area contributed by atoms with Crippen LogP contribution >= 0.6 is 23.2 Å². The van der Waals surface area contributed by atoms with Crippen molar-refractivity contribution >= 4 is 40.8 Å². The fourth-order valence-corrected chi connectivity index (χ4v) is 2.82. The number of rotatable bonds is 7. The van der Waals surface area contributed by atoms with E-state index in [1.165, 1.54) is 23.3 Å². The maximum atomic E-state index is 12.3. The molecule has 0 bridgehead atoms. The van der Waals surface area contributed by atoms with Gasteiger partial charge < -0.3 is 10.4 Å². The van der Waals surface area contributed by atoms with Crippen molar-refractivity contribution < 1.29 is 14.7 Å². The Labute approximate surface area is 164 Å². The van der Waals surface area contributed by atoms with Crippen LogP contribution in [0.2, 0.25) is 10.0 Å². The normalized spacial score (nSPS) is 10.7. The fourth-order valence-electron chi connectivity index (χ4n) is 2.36. The molecule has 0 saturated heterocycles. The molecule has 3 rings (SSSR count). The highest BCUT2D eigenvalue weighted by atomic mass is 35.5. The Balaban J connectivity index is 1.61. The lowest BCUT2D eigenvalue weighted by molar-refractivity contribution is -0.137. The van der Waals surface area contributed by atoms with E-state index >= 15 is 0 Å². The minimum absolute atomic E-state index is 0.0667. The summed E-state index contributed by atoms with van der Waals surface area (Å²) >= 11 is 12.0. The van der Waals surface area contributed by atoms with Gasteiger partial charge in [-0.1, -0.05) is 29.3 Å². The van der Waals surface area contributed by atoms with Gasteiger partial charge in [-0.15, -0.1) is 0 Å². The van der Waals surface area contributed by atoms with Gasteiger partial charge in [0.15, 0.2) is 0 Å². The van der Waals surface area contributed by atoms with Crippen molar-refractivity contribution in [2.75, 3.05) is 5.32 Å². The number of carbonyl (C=O) groups excluding carboxylic acids is 1. The minimum Gasteiger partial charge on any atom is -0.481 e. The first-order valence-corrected chi connectivity index (χ1v) is 8.68. The highest BCUT2D eigenvalue weighted by molar-refractivity contribution is 6.35. The number of amides is 1. The summed E-state index contributed by atoms with van der Waals surface area (Å²) in [7, 11) is 0. The number of carbonyl (C=O) groups is 2. The average Bonchev–Trinajstić information content (AvgIpc) is 3.25. The highest BCUT2D eigenvalue weighted by Crippen LogP contribution is 2.22. The third kappa shape index (κ3) is 5.08. The summed E-state index contributed by atoms with van der Waals surface area (Å²) in [5.41, 5.74) is 1.69. The van der Waals surface area contributed by atoms with Crippen LogP contribution in [0.4, 0.5) is 5.69 Å². The summed E-state index contributed by atoms with van der Waals surface area (Å²) in [6, 6.07) is 5.22. The highest BCUT2D eigenvalue weighted by Gasteiger charge is 2.11. The Bertz CT molecular complexity index is 983. The Hall–Kier alpha value is -2.84. The number of anilines is 1. The largest absolute Gasteiger partial charge is 0.481 e. The lowest BCUT2D eigenvalue weighted by Crippen LogP contribution is -2.11. The van der Waals surface area contributed by atoms with E-state index in [-0.39, 0.29) is 18.9 Å². The molecular weight excluding hydrogens is 393 g/mol. The van der Waals surface area contributed by atoms with Crippen LogP contribution in [-0.4, -0.2) is 36.5 Å². The van der Waals surface area contributed by atoms with E-state index in [1.807, 2.05) is 6.07 Å². The molecule has 0 fully saturated rings. The molecule has 3 aromatic rings. The Morgan fingerprint density at radius 1 is 1.11 bits per heavy atom. The van der Waals surface area contributed by atoms with Crippen LogP contribution in [0.3, 0.4) is 0 Å². The number of hydrogen-bond donors (Lipinski definition) is 2. The first-order chi connectivity index (χ1) is 12.9. The van der Waals surface area contributed by atoms with Crippen molar-refractivity contribution in [3.63, 3.8) is 0 Å². The molecule has 1 aromatic carbocycles. The van der Waals surface area contributed by atoms with Crippen LogP contribution in [0.15, 0.2) is 43.0 Å². The molecule has 0 aliphatic carbocycles. The first kappa shape index (κ1) is 18.9. The topological polar surface area (TPSA) is 102 Å². The Kier molecular flexibility index (Phi) is 5.78. The van der Waals surface area contributed by atoms with Crippen LogP contribution in [-0.2, 0) is 17.9 Å². The van der Waals surface area contributed by atoms with Crippen LogP contribution in [0, 0.1) is 0 Å². The molecule has 27 heavy (non-hydrogen) atoms. The first-order valence-electron chi connectivity index (χ1n) is 7.92. The molecule has 2 N–H and O–H groups in total. The second-order valence-corrected chi connectivity index (χ2v) is 6.60. The summed E-state index contributed by atoms with van der Waals surface area (Å²) < 4.78 is 3.05. The number of nitrogens with one attached hydrogen (secondary N) is 1. The number of nitrogens with zero attached hydrogens (tertiary/aromatic N) is 4. The summed E-state index contributed by atoms with van der Waals surface area (Å²) in [4.78, 5) is 22.9. The molecule has 0 aliphatic rings. The number of benzene rings is 1. The monoisotopic (exact) mass is 407 g/mol. The van der Waals surface area contributed by atoms with Crippen LogP contribution < -0.4 is 5.32 Å². The number of aromatic nitrogens is 4. The van der Waals surface area contributed by atoms with E-state index in [0.717, 1.165) is 5.56 Å². The average molecular weight is 408 g/mol. The molecular formula is C17H15Cl2N5O3. The number of aliphatic carboxylic acids is 1. The van der Waals surface area contributed by atoms with Crippen molar-refractivity contribution in [3.8, 4) is 0 Å². The zero-order valence-corrected chi connectivity index (χ0v) is 15.5. The van der Waals surface area contributed by atoms with Crippen molar-refractivity contribution in [2.45, 2.75) is 19.5 Å². The van der Waals surface area contributed by atoms with Gasteiger partial charge in [-0.2, -0.15) is 10.2 Å². The van der Waals surface area contributed by atoms with E-state index in [4.69, 9.17) is 28.3 Å². The SMILES string of the molecule is O=C(O)CCn1cc(C(=O)Nc2cnn(Cc3ccc(Cl)cc3Cl)c2)cn1. The van der Waals surface area contributed by atoms with Gasteiger partial charge in [0.25, 0.3) is 5.91 Å². The third-order valence-electron chi connectivity index (χ3n) is 3.69. The predicted octanol–water partition coefficient (Wildman–Crippen LogP) is 3.16. The molecule has 0 spiro atoms. The van der Waals surface area contributed by atoms with Crippen molar-refractivity contribution in [2.24, 2.45) is 0 Å². The van der Waals surface area contributed by atoms with Crippen molar-refractivity contribution in [1.82, 2.24) is 19.6 Å². The van der Waals surface area contributed by atoms with Gasteiger partial charge in [0.1, 0.15) is 0 Å². The number of halogens is 2. The summed E-state index contributed by atoms with van der Waals surface area (Å²) in [6.45, 7) is 0.626. The van der Waals surface area contributed by atoms with E-state index < -0.39 is 5.97 Å². The number of hydrogen-bond acceptors (Lipinski definition) is 4. The zero-order chi connectivity index (χ0) is 19.4. The number of carboxylic acids is 1. The van der Waals surface area contributed by atoms with Gasteiger partial charge in [0.2, 0.25) is 0 Å². The molecule has 0 unspecified atom stereocenters. The summed E-state index contributed by atoms with van der Waals surface area (Å²) in [5.74, 6) is -1.29. The maximum Gasteiger partial charge on any atom is 0.305 e. The number of carboxylic acid groups (broad SMARTS) is 1. The molecule has 2 aromatic heterocycles. The molecule has 1 amide bonds. The minimum atomic E-state index is -0.926. The van der Waals surface area contributed by atoms with Crippen LogP contribution in [0.25, 0.3) is 0 Å². The van der Waals surface area contributed by atoms with Gasteiger partial charge >= 0.3 is 5.97 Å². The van der Waals surface area contributed by atoms with E-state index in [2.05, 4.69) is 15.5 Å². The summed E-state index contributed by atoms with van der Waals surface area (Å²) in [5, 5.41) is 20.7. The lowest BCUT2D eigenvalue weighted by Gasteiger charge is -2.05. The van der Waals surface area contributed by atoms with Gasteiger partial charge in [-0.05, 0) is 17.7 Å². The van der Waals surface area contributed by atoms with Crippen molar-refractivity contribution in [3.05, 3.63) is 64.2 Å². The van der Waals surface area contributed by atoms with Gasteiger partial charge in [-0.25, -0.2) is 0 Å². The van der Waals surface area contributed by atoms with E-state index in [9.17, 15) is 9.59 Å². The lowest BCUT2D eigenvalue weighted by atomic mass is 10.2. The predicted molar refractivity (Wildman–Crippen MR) is 100 cm³/mol. The molecule has 10 heteroatoms. The van der Waals surface area contributed by atoms with Gasteiger partial charge in [-0.3, -0.25) is 19.0 Å². The van der Waals surface area contributed by atoms with Crippen LogP contribution in [0.1, 0.15) is 22.3 Å². The molecule has 0 saturated carbocycles. The standard InChI is InChI=1S/C17H15Cl2N5O3/c18-13-2-1-11(15(19)5-13)8-24-10-14(7-21-24)22-17(27)12-6-20-23(9-12)4-3-16(25)26/h1-2,5-7,9-10H,3-4,8H2,(H,22,27)(H,25,26). The second kappa shape index (κ2) is 8.24. The fraction of sp³-hybridized carbons (Fsp3) is 0.176. The Morgan fingerprint density at radius 2 is 1.89 bits per heavy atom. The molecule has 0 radical (unpaired) electrons. The van der Waals surface area contributed by atoms with Gasteiger partial charge in [0.05, 0.1) is 43.2 Å². The van der Waals surface area contributed by atoms with Crippen LogP contribution in [0.5, 0.6) is 0 Å². The zero-order valence-electron chi connectivity index (χ0n) is 14.0. The van der Waals surface area contributed by atoms with E-state index in [1.54, 1.807) is 23.0 Å². The molecule has 2 heterocycles. The maximum absolute atomic E-state index is 12.3. The molecule has 8 nitrogen and oxygen atoms in total. The summed E-state index contributed by atoms with van der Waals surface area (Å²) in [6.07, 6.45) is 6.02. The van der Waals surface area contributed by atoms with Gasteiger partial charge in [0, 0.05) is 22.4 Å².